The molecule has 0 N–H and O–H groups in total. The van der Waals surface area contributed by atoms with Crippen molar-refractivity contribution in [2.45, 2.75) is 18.5 Å². The summed E-state index contributed by atoms with van der Waals surface area (Å²) < 4.78 is 36.6. The first-order valence-corrected chi connectivity index (χ1v) is 5.11. The van der Waals surface area contributed by atoms with Crippen molar-refractivity contribution in [3.8, 4) is 0 Å². The lowest BCUT2D eigenvalue weighted by Gasteiger charge is -2.17. The van der Waals surface area contributed by atoms with Gasteiger partial charge < -0.3 is 4.90 Å². The lowest BCUT2D eigenvalue weighted by Crippen LogP contribution is -2.39. The summed E-state index contributed by atoms with van der Waals surface area (Å²) >= 11 is 0. The van der Waals surface area contributed by atoms with Crippen LogP contribution in [0.3, 0.4) is 0 Å². The number of carbonyl (C=O) groups is 1. The second-order valence-corrected chi connectivity index (χ2v) is 3.84. The SMILES string of the molecule is O=C(N1CCC(c2ncccn2)C1)C(F)(F)F. The molecule has 0 aromatic carbocycles. The topological polar surface area (TPSA) is 46.1 Å². The van der Waals surface area contributed by atoms with Gasteiger partial charge in [0.05, 0.1) is 0 Å². The maximum Gasteiger partial charge on any atom is 0.471 e. The van der Waals surface area contributed by atoms with Crippen molar-refractivity contribution in [3.05, 3.63) is 24.3 Å². The Labute approximate surface area is 95.5 Å². The number of aromatic nitrogens is 2. The molecule has 7 heteroatoms. The van der Waals surface area contributed by atoms with Crippen molar-refractivity contribution in [2.75, 3.05) is 13.1 Å². The van der Waals surface area contributed by atoms with Crippen molar-refractivity contribution in [1.29, 1.82) is 0 Å². The van der Waals surface area contributed by atoms with Gasteiger partial charge in [0.15, 0.2) is 0 Å². The van der Waals surface area contributed by atoms with Crippen LogP contribution >= 0.6 is 0 Å². The predicted octanol–water partition coefficient (Wildman–Crippen LogP) is 1.35. The first-order valence-electron chi connectivity index (χ1n) is 5.11. The molecular weight excluding hydrogens is 235 g/mol. The van der Waals surface area contributed by atoms with Gasteiger partial charge >= 0.3 is 12.1 Å². The highest BCUT2D eigenvalue weighted by Gasteiger charge is 2.44. The Morgan fingerprint density at radius 2 is 2.00 bits per heavy atom. The zero-order valence-corrected chi connectivity index (χ0v) is 8.81. The van der Waals surface area contributed by atoms with E-state index in [2.05, 4.69) is 9.97 Å². The van der Waals surface area contributed by atoms with Crippen molar-refractivity contribution in [1.82, 2.24) is 14.9 Å². The number of hydrogen-bond acceptors (Lipinski definition) is 3. The van der Waals surface area contributed by atoms with E-state index in [1.807, 2.05) is 0 Å². The van der Waals surface area contributed by atoms with Crippen LogP contribution in [0.1, 0.15) is 18.2 Å². The zero-order chi connectivity index (χ0) is 12.5. The molecule has 1 aromatic heterocycles. The van der Waals surface area contributed by atoms with Crippen LogP contribution in [0.2, 0.25) is 0 Å². The number of nitrogens with zero attached hydrogens (tertiary/aromatic N) is 3. The van der Waals surface area contributed by atoms with E-state index in [9.17, 15) is 18.0 Å². The number of likely N-dealkylation sites (tertiary alicyclic amines) is 1. The quantitative estimate of drug-likeness (QED) is 0.750. The summed E-state index contributed by atoms with van der Waals surface area (Å²) in [6.07, 6.45) is -1.26. The van der Waals surface area contributed by atoms with Crippen molar-refractivity contribution in [3.63, 3.8) is 0 Å². The number of halogens is 3. The second-order valence-electron chi connectivity index (χ2n) is 3.84. The van der Waals surface area contributed by atoms with Gasteiger partial charge in [-0.1, -0.05) is 0 Å². The molecule has 0 saturated carbocycles. The van der Waals surface area contributed by atoms with Gasteiger partial charge in [0, 0.05) is 31.4 Å². The summed E-state index contributed by atoms with van der Waals surface area (Å²) in [5.74, 6) is -1.50. The Balaban J connectivity index is 2.04. The molecular formula is C10H10F3N3O. The minimum absolute atomic E-state index is 0.0301. The lowest BCUT2D eigenvalue weighted by molar-refractivity contribution is -0.184. The molecule has 0 aliphatic carbocycles. The van der Waals surface area contributed by atoms with Crippen LogP contribution in [0, 0.1) is 0 Å². The molecule has 2 rings (SSSR count). The van der Waals surface area contributed by atoms with Gasteiger partial charge in [0.1, 0.15) is 5.82 Å². The molecule has 1 aromatic rings. The highest BCUT2D eigenvalue weighted by molar-refractivity contribution is 5.82. The fourth-order valence-electron chi connectivity index (χ4n) is 1.86. The molecule has 1 fully saturated rings. The predicted molar refractivity (Wildman–Crippen MR) is 52.0 cm³/mol. The van der Waals surface area contributed by atoms with E-state index in [1.165, 1.54) is 12.4 Å². The monoisotopic (exact) mass is 245 g/mol. The molecule has 1 unspecified atom stereocenters. The minimum Gasteiger partial charge on any atom is -0.334 e. The Morgan fingerprint density at radius 1 is 1.35 bits per heavy atom. The minimum atomic E-state index is -4.80. The first-order chi connectivity index (χ1) is 7.98. The molecule has 17 heavy (non-hydrogen) atoms. The number of amides is 1. The number of hydrogen-bond donors (Lipinski definition) is 0. The van der Waals surface area contributed by atoms with Crippen LogP contribution < -0.4 is 0 Å². The van der Waals surface area contributed by atoms with Crippen molar-refractivity contribution in [2.24, 2.45) is 0 Å². The Hall–Kier alpha value is -1.66. The first kappa shape index (κ1) is 11.8. The molecule has 0 bridgehead atoms. The summed E-state index contributed by atoms with van der Waals surface area (Å²) in [6.45, 7) is 0.129. The van der Waals surface area contributed by atoms with Crippen LogP contribution in [0.15, 0.2) is 18.5 Å². The van der Waals surface area contributed by atoms with Gasteiger partial charge in [0.2, 0.25) is 0 Å². The van der Waals surface area contributed by atoms with E-state index >= 15 is 0 Å². The van der Waals surface area contributed by atoms with Crippen molar-refractivity contribution >= 4 is 5.91 Å². The van der Waals surface area contributed by atoms with E-state index in [1.54, 1.807) is 6.07 Å². The average Bonchev–Trinajstić information content (AvgIpc) is 2.77. The molecule has 92 valence electrons. The Morgan fingerprint density at radius 3 is 2.59 bits per heavy atom. The van der Waals surface area contributed by atoms with Crippen LogP contribution in [0.25, 0.3) is 0 Å². The maximum atomic E-state index is 12.2. The van der Waals surface area contributed by atoms with Crippen LogP contribution in [0.5, 0.6) is 0 Å². The molecule has 0 spiro atoms. The highest BCUT2D eigenvalue weighted by atomic mass is 19.4. The summed E-state index contributed by atoms with van der Waals surface area (Å²) in [6, 6.07) is 1.64. The molecule has 1 saturated heterocycles. The molecule has 1 aliphatic heterocycles. The van der Waals surface area contributed by atoms with Crippen LogP contribution in [-0.2, 0) is 4.79 Å². The lowest BCUT2D eigenvalue weighted by atomic mass is 10.1. The largest absolute Gasteiger partial charge is 0.471 e. The van der Waals surface area contributed by atoms with Crippen LogP contribution in [-0.4, -0.2) is 40.0 Å². The smallest absolute Gasteiger partial charge is 0.334 e. The summed E-state index contributed by atoms with van der Waals surface area (Å²) in [7, 11) is 0. The van der Waals surface area contributed by atoms with E-state index in [0.29, 0.717) is 12.2 Å². The fourth-order valence-corrected chi connectivity index (χ4v) is 1.86. The molecule has 1 amide bonds. The zero-order valence-electron chi connectivity index (χ0n) is 8.81. The third-order valence-corrected chi connectivity index (χ3v) is 2.67. The third kappa shape index (κ3) is 2.54. The summed E-state index contributed by atoms with van der Waals surface area (Å²) in [4.78, 5) is 19.8. The molecule has 2 heterocycles. The number of rotatable bonds is 1. The van der Waals surface area contributed by atoms with E-state index in [0.717, 1.165) is 4.90 Å². The Kier molecular flexibility index (Phi) is 2.99. The highest BCUT2D eigenvalue weighted by Crippen LogP contribution is 2.28. The van der Waals surface area contributed by atoms with E-state index in [4.69, 9.17) is 0 Å². The maximum absolute atomic E-state index is 12.2. The number of carbonyl (C=O) groups excluding carboxylic acids is 1. The van der Waals surface area contributed by atoms with Gasteiger partial charge in [-0.2, -0.15) is 13.2 Å². The third-order valence-electron chi connectivity index (χ3n) is 2.67. The van der Waals surface area contributed by atoms with Crippen LogP contribution in [0.4, 0.5) is 13.2 Å². The molecule has 0 radical (unpaired) electrons. The van der Waals surface area contributed by atoms with Gasteiger partial charge in [-0.05, 0) is 12.5 Å². The normalized spacial score (nSPS) is 20.6. The number of alkyl halides is 3. The Bertz CT molecular complexity index is 407. The molecule has 4 nitrogen and oxygen atoms in total. The van der Waals surface area contributed by atoms with Gasteiger partial charge in [-0.25, -0.2) is 9.97 Å². The fraction of sp³-hybridized carbons (Fsp3) is 0.500. The molecule has 1 aliphatic rings. The van der Waals surface area contributed by atoms with Gasteiger partial charge in [-0.15, -0.1) is 0 Å². The molecule has 1 atom stereocenters. The van der Waals surface area contributed by atoms with Gasteiger partial charge in [-0.3, -0.25) is 4.79 Å². The van der Waals surface area contributed by atoms with Gasteiger partial charge in [0.25, 0.3) is 0 Å². The van der Waals surface area contributed by atoms with Crippen molar-refractivity contribution < 1.29 is 18.0 Å². The average molecular weight is 245 g/mol. The second kappa shape index (κ2) is 4.31. The summed E-state index contributed by atoms with van der Waals surface area (Å²) in [5.41, 5.74) is 0. The van der Waals surface area contributed by atoms with E-state index < -0.39 is 12.1 Å². The summed E-state index contributed by atoms with van der Waals surface area (Å²) in [5, 5.41) is 0. The van der Waals surface area contributed by atoms with E-state index in [-0.39, 0.29) is 19.0 Å². The standard InChI is InChI=1S/C10H10F3N3O/c11-10(12,13)9(17)16-5-2-7(6-16)8-14-3-1-4-15-8/h1,3-4,7H,2,5-6H2.